The molecule has 0 heterocycles. The monoisotopic (exact) mass is 273 g/mol. The summed E-state index contributed by atoms with van der Waals surface area (Å²) in [6, 6.07) is 10.6. The highest BCUT2D eigenvalue weighted by Crippen LogP contribution is 2.26. The van der Waals surface area contributed by atoms with Crippen LogP contribution >= 0.6 is 0 Å². The highest BCUT2D eigenvalue weighted by atomic mass is 19.1. The maximum atomic E-state index is 13.4. The van der Waals surface area contributed by atoms with Crippen LogP contribution in [0.5, 0.6) is 0 Å². The summed E-state index contributed by atoms with van der Waals surface area (Å²) in [6.07, 6.45) is 0. The van der Waals surface area contributed by atoms with Crippen molar-refractivity contribution in [2.75, 3.05) is 11.9 Å². The lowest BCUT2D eigenvalue weighted by Crippen LogP contribution is -2.17. The molecular weight excluding hydrogens is 253 g/mol. The Labute approximate surface area is 119 Å². The number of rotatable bonds is 4. The molecule has 0 saturated carbocycles. The van der Waals surface area contributed by atoms with Crippen LogP contribution in [-0.2, 0) is 0 Å². The second kappa shape index (κ2) is 6.06. The second-order valence-corrected chi connectivity index (χ2v) is 5.20. The molecular formula is C17H20FNO. The number of hydrogen-bond acceptors (Lipinski definition) is 2. The van der Waals surface area contributed by atoms with Crippen LogP contribution in [0.4, 0.5) is 10.1 Å². The molecule has 1 unspecified atom stereocenters. The zero-order valence-corrected chi connectivity index (χ0v) is 12.1. The van der Waals surface area contributed by atoms with Gasteiger partial charge in [0.25, 0.3) is 0 Å². The van der Waals surface area contributed by atoms with Crippen molar-refractivity contribution in [2.45, 2.75) is 26.8 Å². The molecule has 0 aliphatic carbocycles. The Morgan fingerprint density at radius 2 is 1.75 bits per heavy atom. The van der Waals surface area contributed by atoms with Gasteiger partial charge in [-0.25, -0.2) is 4.39 Å². The van der Waals surface area contributed by atoms with Crippen LogP contribution < -0.4 is 5.32 Å². The number of anilines is 1. The Morgan fingerprint density at radius 3 is 2.30 bits per heavy atom. The van der Waals surface area contributed by atoms with Crippen molar-refractivity contribution in [1.29, 1.82) is 0 Å². The minimum Gasteiger partial charge on any atom is -0.394 e. The van der Waals surface area contributed by atoms with Gasteiger partial charge in [0.2, 0.25) is 0 Å². The summed E-state index contributed by atoms with van der Waals surface area (Å²) in [6.45, 7) is 5.84. The molecule has 0 aliphatic rings. The van der Waals surface area contributed by atoms with Gasteiger partial charge in [0.15, 0.2) is 0 Å². The van der Waals surface area contributed by atoms with E-state index in [0.717, 1.165) is 22.3 Å². The van der Waals surface area contributed by atoms with Gasteiger partial charge in [0, 0.05) is 5.69 Å². The van der Waals surface area contributed by atoms with Gasteiger partial charge >= 0.3 is 0 Å². The average Bonchev–Trinajstić information content (AvgIpc) is 2.36. The molecule has 3 heteroatoms. The van der Waals surface area contributed by atoms with Crippen LogP contribution in [0.3, 0.4) is 0 Å². The van der Waals surface area contributed by atoms with Crippen molar-refractivity contribution < 1.29 is 9.50 Å². The molecule has 0 amide bonds. The largest absolute Gasteiger partial charge is 0.394 e. The molecule has 1 atom stereocenters. The summed E-state index contributed by atoms with van der Waals surface area (Å²) in [5, 5.41) is 12.9. The SMILES string of the molecule is Cc1cc(F)cc(NC(CO)c2c(C)cccc2C)c1. The topological polar surface area (TPSA) is 32.3 Å². The zero-order chi connectivity index (χ0) is 14.7. The molecule has 2 aromatic carbocycles. The average molecular weight is 273 g/mol. The van der Waals surface area contributed by atoms with E-state index >= 15 is 0 Å². The smallest absolute Gasteiger partial charge is 0.125 e. The van der Waals surface area contributed by atoms with Crippen LogP contribution in [0.15, 0.2) is 36.4 Å². The van der Waals surface area contributed by atoms with Gasteiger partial charge in [0.05, 0.1) is 12.6 Å². The first-order valence-corrected chi connectivity index (χ1v) is 6.72. The van der Waals surface area contributed by atoms with E-state index in [1.165, 1.54) is 12.1 Å². The van der Waals surface area contributed by atoms with Gasteiger partial charge in [-0.2, -0.15) is 0 Å². The highest BCUT2D eigenvalue weighted by Gasteiger charge is 2.15. The zero-order valence-electron chi connectivity index (χ0n) is 12.1. The van der Waals surface area contributed by atoms with Gasteiger partial charge in [-0.15, -0.1) is 0 Å². The third-order valence-electron chi connectivity index (χ3n) is 3.46. The molecule has 0 aromatic heterocycles. The number of hydrogen-bond donors (Lipinski definition) is 2. The van der Waals surface area contributed by atoms with Gasteiger partial charge in [-0.1, -0.05) is 18.2 Å². The maximum absolute atomic E-state index is 13.4. The first kappa shape index (κ1) is 14.5. The van der Waals surface area contributed by atoms with Gasteiger partial charge in [-0.05, 0) is 61.2 Å². The third-order valence-corrected chi connectivity index (χ3v) is 3.46. The number of benzene rings is 2. The lowest BCUT2D eigenvalue weighted by Gasteiger charge is -2.22. The van der Waals surface area contributed by atoms with E-state index in [1.807, 2.05) is 45.0 Å². The molecule has 2 aromatic rings. The number of aliphatic hydroxyl groups is 1. The molecule has 0 aliphatic heterocycles. The molecule has 0 radical (unpaired) electrons. The third kappa shape index (κ3) is 3.17. The Bertz CT molecular complexity index is 569. The first-order chi connectivity index (χ1) is 9.51. The summed E-state index contributed by atoms with van der Waals surface area (Å²) in [7, 11) is 0. The lowest BCUT2D eigenvalue weighted by atomic mass is 9.96. The molecule has 2 rings (SSSR count). The van der Waals surface area contributed by atoms with Crippen LogP contribution in [0, 0.1) is 26.6 Å². The van der Waals surface area contributed by atoms with Crippen LogP contribution in [0.1, 0.15) is 28.3 Å². The normalized spacial score (nSPS) is 12.2. The second-order valence-electron chi connectivity index (χ2n) is 5.20. The minimum atomic E-state index is -0.273. The molecule has 106 valence electrons. The summed E-state index contributed by atoms with van der Waals surface area (Å²) in [5.74, 6) is -0.273. The molecule has 2 nitrogen and oxygen atoms in total. The maximum Gasteiger partial charge on any atom is 0.125 e. The van der Waals surface area contributed by atoms with Gasteiger partial charge < -0.3 is 10.4 Å². The Balaban J connectivity index is 2.34. The van der Waals surface area contributed by atoms with Crippen molar-refractivity contribution in [3.8, 4) is 0 Å². The van der Waals surface area contributed by atoms with Crippen LogP contribution in [0.2, 0.25) is 0 Å². The van der Waals surface area contributed by atoms with E-state index in [0.29, 0.717) is 5.69 Å². The predicted octanol–water partition coefficient (Wildman–Crippen LogP) is 3.90. The molecule has 0 bridgehead atoms. The Kier molecular flexibility index (Phi) is 4.40. The van der Waals surface area contributed by atoms with Crippen LogP contribution in [-0.4, -0.2) is 11.7 Å². The Morgan fingerprint density at radius 1 is 1.10 bits per heavy atom. The molecule has 0 saturated heterocycles. The summed E-state index contributed by atoms with van der Waals surface area (Å²) >= 11 is 0. The highest BCUT2D eigenvalue weighted by molar-refractivity contribution is 5.50. The van der Waals surface area contributed by atoms with Gasteiger partial charge in [-0.3, -0.25) is 0 Å². The summed E-state index contributed by atoms with van der Waals surface area (Å²) in [5.41, 5.74) is 4.83. The van der Waals surface area contributed by atoms with Crippen molar-refractivity contribution in [3.63, 3.8) is 0 Å². The van der Waals surface area contributed by atoms with E-state index in [1.54, 1.807) is 0 Å². The Hall–Kier alpha value is -1.87. The van der Waals surface area contributed by atoms with Crippen molar-refractivity contribution >= 4 is 5.69 Å². The lowest BCUT2D eigenvalue weighted by molar-refractivity contribution is 0.275. The fraction of sp³-hybridized carbons (Fsp3) is 0.294. The summed E-state index contributed by atoms with van der Waals surface area (Å²) in [4.78, 5) is 0. The fourth-order valence-corrected chi connectivity index (χ4v) is 2.61. The number of aryl methyl sites for hydroxylation is 3. The van der Waals surface area contributed by atoms with E-state index in [-0.39, 0.29) is 18.5 Å². The fourth-order valence-electron chi connectivity index (χ4n) is 2.61. The van der Waals surface area contributed by atoms with Crippen molar-refractivity contribution in [1.82, 2.24) is 0 Å². The predicted molar refractivity (Wildman–Crippen MR) is 80.5 cm³/mol. The summed E-state index contributed by atoms with van der Waals surface area (Å²) < 4.78 is 13.4. The van der Waals surface area contributed by atoms with E-state index in [2.05, 4.69) is 5.32 Å². The molecule has 2 N–H and O–H groups in total. The first-order valence-electron chi connectivity index (χ1n) is 6.72. The quantitative estimate of drug-likeness (QED) is 0.885. The molecule has 0 fully saturated rings. The van der Waals surface area contributed by atoms with Gasteiger partial charge in [0.1, 0.15) is 5.82 Å². The van der Waals surface area contributed by atoms with Crippen LogP contribution in [0.25, 0.3) is 0 Å². The minimum absolute atomic E-state index is 0.0404. The van der Waals surface area contributed by atoms with E-state index < -0.39 is 0 Å². The van der Waals surface area contributed by atoms with Crippen molar-refractivity contribution in [2.24, 2.45) is 0 Å². The van der Waals surface area contributed by atoms with Crippen molar-refractivity contribution in [3.05, 3.63) is 64.5 Å². The number of aliphatic hydroxyl groups excluding tert-OH is 1. The number of halogens is 1. The van der Waals surface area contributed by atoms with E-state index in [4.69, 9.17) is 0 Å². The van der Waals surface area contributed by atoms with E-state index in [9.17, 15) is 9.50 Å². The molecule has 20 heavy (non-hydrogen) atoms. The standard InChI is InChI=1S/C17H20FNO/c1-11-7-14(18)9-15(8-11)19-16(10-20)17-12(2)5-4-6-13(17)3/h4-9,16,19-20H,10H2,1-3H3. The number of nitrogens with one attached hydrogen (secondary N) is 1. The molecule has 0 spiro atoms.